The van der Waals surface area contributed by atoms with E-state index in [0.29, 0.717) is 53.9 Å². The second-order valence-corrected chi connectivity index (χ2v) is 14.4. The van der Waals surface area contributed by atoms with Crippen LogP contribution in [0.2, 0.25) is 5.02 Å². The molecule has 1 atom stereocenters. The number of nitrogens with one attached hydrogen (secondary N) is 3. The molecule has 4 heterocycles. The smallest absolute Gasteiger partial charge is 0.407 e. The first kappa shape index (κ1) is 37.9. The number of pyridine rings is 2. The van der Waals surface area contributed by atoms with E-state index in [1.165, 1.54) is 13.8 Å². The van der Waals surface area contributed by atoms with Crippen molar-refractivity contribution in [3.8, 4) is 39.5 Å². The Bertz CT molecular complexity index is 1960. The molecule has 13 heteroatoms. The van der Waals surface area contributed by atoms with Gasteiger partial charge in [0, 0.05) is 59.6 Å². The van der Waals surface area contributed by atoms with E-state index in [1.807, 2.05) is 63.2 Å². The molecular weight excluding hydrogens is 686 g/mol. The van der Waals surface area contributed by atoms with Gasteiger partial charge in [-0.15, -0.1) is 0 Å². The topological polar surface area (TPSA) is 150 Å². The number of hydrogen-bond donors (Lipinski definition) is 3. The van der Waals surface area contributed by atoms with Crippen molar-refractivity contribution in [2.24, 2.45) is 5.92 Å². The Labute approximate surface area is 308 Å². The maximum atomic E-state index is 12.2. The Morgan fingerprint density at radius 3 is 1.87 bits per heavy atom. The molecule has 0 aliphatic carbocycles. The molecule has 0 saturated carbocycles. The van der Waals surface area contributed by atoms with Crippen LogP contribution in [-0.2, 0) is 27.5 Å². The monoisotopic (exact) mass is 729 g/mol. The molecule has 0 fully saturated rings. The minimum atomic E-state index is -0.561. The Morgan fingerprint density at radius 1 is 0.808 bits per heavy atom. The molecule has 3 N–H and O–H groups in total. The number of carbonyl (C=O) groups is 3. The van der Waals surface area contributed by atoms with Crippen molar-refractivity contribution in [2.75, 3.05) is 17.2 Å². The lowest BCUT2D eigenvalue weighted by molar-refractivity contribution is -0.115. The summed E-state index contributed by atoms with van der Waals surface area (Å²) in [5, 5.41) is 8.95. The summed E-state index contributed by atoms with van der Waals surface area (Å²) in [6.07, 6.45) is 3.74. The van der Waals surface area contributed by atoms with Crippen LogP contribution >= 0.6 is 11.6 Å². The van der Waals surface area contributed by atoms with Gasteiger partial charge < -0.3 is 34.9 Å². The molecule has 6 rings (SSSR count). The molecule has 2 aromatic heterocycles. The van der Waals surface area contributed by atoms with Crippen LogP contribution in [0.4, 0.5) is 16.4 Å². The van der Waals surface area contributed by atoms with Crippen LogP contribution in [0.3, 0.4) is 0 Å². The number of fused-ring (bicyclic) bond motifs is 6. The third-order valence-electron chi connectivity index (χ3n) is 7.75. The van der Waals surface area contributed by atoms with Gasteiger partial charge in [-0.3, -0.25) is 9.59 Å². The van der Waals surface area contributed by atoms with Gasteiger partial charge >= 0.3 is 6.09 Å². The minimum absolute atomic E-state index is 0.143. The fourth-order valence-electron chi connectivity index (χ4n) is 5.69. The van der Waals surface area contributed by atoms with Crippen LogP contribution in [0.5, 0.6) is 17.2 Å². The highest BCUT2D eigenvalue weighted by Gasteiger charge is 2.23. The van der Waals surface area contributed by atoms with Crippen LogP contribution in [-0.4, -0.2) is 46.1 Å². The molecule has 52 heavy (non-hydrogen) atoms. The van der Waals surface area contributed by atoms with E-state index in [2.05, 4.69) is 39.8 Å². The van der Waals surface area contributed by atoms with Crippen LogP contribution in [0.15, 0.2) is 60.9 Å². The summed E-state index contributed by atoms with van der Waals surface area (Å²) in [6.45, 7) is 13.7. The summed E-state index contributed by atoms with van der Waals surface area (Å²) >= 11 is 5.95. The Balaban J connectivity index is 0.000000231. The van der Waals surface area contributed by atoms with Gasteiger partial charge in [-0.1, -0.05) is 25.4 Å². The van der Waals surface area contributed by atoms with Crippen LogP contribution < -0.4 is 30.2 Å². The second-order valence-electron chi connectivity index (χ2n) is 14.0. The number of hydrogen-bond acceptors (Lipinski definition) is 9. The summed E-state index contributed by atoms with van der Waals surface area (Å²) in [5.74, 6) is 3.19. The maximum absolute atomic E-state index is 12.2. The molecule has 0 radical (unpaired) electrons. The largest absolute Gasteiger partial charge is 0.491 e. The fraction of sp³-hybridized carbons (Fsp3) is 0.359. The number of aromatic nitrogens is 2. The van der Waals surface area contributed by atoms with Crippen molar-refractivity contribution in [1.29, 1.82) is 0 Å². The normalized spacial score (nSPS) is 12.9. The van der Waals surface area contributed by atoms with Crippen molar-refractivity contribution in [3.63, 3.8) is 0 Å². The van der Waals surface area contributed by atoms with Gasteiger partial charge in [0.15, 0.2) is 0 Å². The van der Waals surface area contributed by atoms with E-state index in [-0.39, 0.29) is 17.9 Å². The van der Waals surface area contributed by atoms with E-state index < -0.39 is 11.7 Å². The number of halogens is 1. The summed E-state index contributed by atoms with van der Waals surface area (Å²) in [4.78, 5) is 43.1. The predicted molar refractivity (Wildman–Crippen MR) is 200 cm³/mol. The average molecular weight is 730 g/mol. The number of nitrogens with zero attached hydrogens (tertiary/aromatic N) is 2. The molecule has 2 aliphatic rings. The number of rotatable bonds is 8. The van der Waals surface area contributed by atoms with E-state index in [1.54, 1.807) is 18.5 Å². The fourth-order valence-corrected chi connectivity index (χ4v) is 5.85. The lowest BCUT2D eigenvalue weighted by atomic mass is 9.98. The van der Waals surface area contributed by atoms with Gasteiger partial charge in [0.2, 0.25) is 11.8 Å². The van der Waals surface area contributed by atoms with Gasteiger partial charge in [0.1, 0.15) is 54.3 Å². The predicted octanol–water partition coefficient (Wildman–Crippen LogP) is 8.17. The Kier molecular flexibility index (Phi) is 11.9. The molecule has 12 nitrogen and oxygen atoms in total. The molecule has 0 spiro atoms. The van der Waals surface area contributed by atoms with Crippen LogP contribution in [0.25, 0.3) is 22.3 Å². The zero-order valence-electron chi connectivity index (χ0n) is 30.4. The van der Waals surface area contributed by atoms with Gasteiger partial charge in [0.25, 0.3) is 0 Å². The molecule has 4 aromatic rings. The van der Waals surface area contributed by atoms with Gasteiger partial charge in [-0.2, -0.15) is 0 Å². The van der Waals surface area contributed by atoms with E-state index in [0.717, 1.165) is 45.6 Å². The number of anilines is 2. The van der Waals surface area contributed by atoms with Crippen LogP contribution in [0, 0.1) is 5.92 Å². The number of benzene rings is 2. The first-order valence-corrected chi connectivity index (χ1v) is 17.4. The number of carbonyl (C=O) groups excluding carboxylic acids is 3. The first-order chi connectivity index (χ1) is 24.6. The molecule has 274 valence electrons. The molecule has 0 unspecified atom stereocenters. The molecule has 0 bridgehead atoms. The summed E-state index contributed by atoms with van der Waals surface area (Å²) < 4.78 is 22.9. The standard InChI is InChI=1S/C25H33N3O5.C14H11ClN2O2/c1-15(2)9-18(28-24(30)33-25(4,5)6)14-31-19-7-8-20-21-11-23(27-16(3)29)26-12-17(21)13-32-22(20)10-19;1-8(18)17-14-5-12-9(6-16-14)7-19-13-4-10(15)2-3-11(12)13/h7-8,10-12,15,18H,9,13-14H2,1-6H3,(H,28,30)(H,26,27,29);2-6H,7H2,1H3,(H,16,17,18)/t18-;/m0./s1. The number of alkyl carbamates (subject to hydrolysis) is 1. The summed E-state index contributed by atoms with van der Waals surface area (Å²) in [5.41, 5.74) is 5.22. The lowest BCUT2D eigenvalue weighted by Gasteiger charge is -2.25. The van der Waals surface area contributed by atoms with Crippen LogP contribution in [0.1, 0.15) is 66.0 Å². The molecular formula is C39H44ClN5O7. The van der Waals surface area contributed by atoms with Crippen molar-refractivity contribution >= 4 is 41.1 Å². The molecule has 2 aliphatic heterocycles. The minimum Gasteiger partial charge on any atom is -0.491 e. The highest BCUT2D eigenvalue weighted by Crippen LogP contribution is 2.41. The van der Waals surface area contributed by atoms with Gasteiger partial charge in [0.05, 0.1) is 6.04 Å². The SMILES string of the molecule is CC(=O)Nc1cc2c(cn1)COc1cc(Cl)ccc1-2.CC(=O)Nc1cc2c(cn1)COc1cc(OC[C@H](CC(C)C)NC(=O)OC(C)(C)C)ccc1-2. The highest BCUT2D eigenvalue weighted by atomic mass is 35.5. The molecule has 0 saturated heterocycles. The first-order valence-electron chi connectivity index (χ1n) is 17.0. The summed E-state index contributed by atoms with van der Waals surface area (Å²) in [7, 11) is 0. The average Bonchev–Trinajstić information content (AvgIpc) is 3.05. The van der Waals surface area contributed by atoms with E-state index in [4.69, 9.17) is 30.5 Å². The van der Waals surface area contributed by atoms with Gasteiger partial charge in [-0.25, -0.2) is 14.8 Å². The van der Waals surface area contributed by atoms with E-state index >= 15 is 0 Å². The van der Waals surface area contributed by atoms with Crippen molar-refractivity contribution in [2.45, 2.75) is 79.7 Å². The number of ether oxygens (including phenoxy) is 4. The van der Waals surface area contributed by atoms with Crippen molar-refractivity contribution in [3.05, 3.63) is 77.1 Å². The Hall–Kier alpha value is -5.36. The number of amides is 3. The van der Waals surface area contributed by atoms with E-state index in [9.17, 15) is 14.4 Å². The molecule has 2 aromatic carbocycles. The third kappa shape index (κ3) is 10.3. The lowest BCUT2D eigenvalue weighted by Crippen LogP contribution is -2.42. The summed E-state index contributed by atoms with van der Waals surface area (Å²) in [6, 6.07) is 14.7. The van der Waals surface area contributed by atoms with Crippen molar-refractivity contribution in [1.82, 2.24) is 15.3 Å². The highest BCUT2D eigenvalue weighted by molar-refractivity contribution is 6.30. The van der Waals surface area contributed by atoms with Crippen molar-refractivity contribution < 1.29 is 33.3 Å². The second kappa shape index (κ2) is 16.3. The quantitative estimate of drug-likeness (QED) is 0.163. The molecule has 3 amide bonds. The zero-order valence-corrected chi connectivity index (χ0v) is 31.1. The maximum Gasteiger partial charge on any atom is 0.407 e. The zero-order chi connectivity index (χ0) is 37.6. The Morgan fingerprint density at radius 2 is 1.35 bits per heavy atom. The van der Waals surface area contributed by atoms with Gasteiger partial charge in [-0.05, 0) is 86.7 Å². The third-order valence-corrected chi connectivity index (χ3v) is 7.99.